The lowest BCUT2D eigenvalue weighted by molar-refractivity contribution is 0.0529. The fourth-order valence-corrected chi connectivity index (χ4v) is 4.85. The van der Waals surface area contributed by atoms with E-state index in [0.717, 1.165) is 22.2 Å². The van der Waals surface area contributed by atoms with Gasteiger partial charge >= 0.3 is 12.2 Å². The number of amides is 2. The Bertz CT molecular complexity index is 1250. The normalized spacial score (nSPS) is 21.6. The van der Waals surface area contributed by atoms with Gasteiger partial charge in [-0.05, 0) is 37.1 Å². The maximum absolute atomic E-state index is 14.8. The summed E-state index contributed by atoms with van der Waals surface area (Å²) >= 11 is 0. The molecule has 202 valence electrons. The summed E-state index contributed by atoms with van der Waals surface area (Å²) in [5.41, 5.74) is 3.53. The molecule has 0 bridgehead atoms. The summed E-state index contributed by atoms with van der Waals surface area (Å²) < 4.78 is 30.7. The van der Waals surface area contributed by atoms with Gasteiger partial charge in [0.15, 0.2) is 6.10 Å². The first-order chi connectivity index (χ1) is 18.5. The summed E-state index contributed by atoms with van der Waals surface area (Å²) in [6.07, 6.45) is 3.76. The van der Waals surface area contributed by atoms with Gasteiger partial charge in [0.25, 0.3) is 0 Å². The number of rotatable bonds is 8. The summed E-state index contributed by atoms with van der Waals surface area (Å²) in [4.78, 5) is 32.4. The molecule has 2 aromatic rings. The second-order valence-corrected chi connectivity index (χ2v) is 9.50. The SMILES string of the molecule is Cc1ccc2c(NCCNC(=O)OC[C@H]3CN(C4C=C(F)C(N5CCOCC5)=CC4)C(=O)O3)ccnc2c1. The van der Waals surface area contributed by atoms with Crippen LogP contribution in [0.2, 0.25) is 0 Å². The second-order valence-electron chi connectivity index (χ2n) is 9.50. The molecule has 11 heteroatoms. The zero-order valence-electron chi connectivity index (χ0n) is 21.3. The number of morpholine rings is 1. The highest BCUT2D eigenvalue weighted by Gasteiger charge is 2.37. The standard InChI is InChI=1S/C27H32FN5O5/c1-18-2-4-21-23(6-7-29-24(21)14-18)30-8-9-31-26(34)37-17-20-16-33(27(35)38-20)19-3-5-25(22(28)15-19)32-10-12-36-13-11-32/h2,4-7,14-15,19-20H,3,8-13,16-17H2,1H3,(H,29,30)(H,31,34)/t19?,20-/m1/s1. The van der Waals surface area contributed by atoms with Crippen LogP contribution in [0.4, 0.5) is 19.7 Å². The van der Waals surface area contributed by atoms with E-state index in [1.807, 2.05) is 42.2 Å². The highest BCUT2D eigenvalue weighted by atomic mass is 19.1. The third-order valence-corrected chi connectivity index (χ3v) is 6.80. The molecule has 2 aliphatic heterocycles. The van der Waals surface area contributed by atoms with Crippen LogP contribution in [-0.4, -0.2) is 91.7 Å². The van der Waals surface area contributed by atoms with Gasteiger partial charge in [0.05, 0.1) is 37.0 Å². The van der Waals surface area contributed by atoms with Crippen molar-refractivity contribution < 1.29 is 28.2 Å². The molecule has 0 spiro atoms. The van der Waals surface area contributed by atoms with E-state index in [4.69, 9.17) is 14.2 Å². The number of hydrogen-bond acceptors (Lipinski definition) is 8. The number of pyridine rings is 1. The van der Waals surface area contributed by atoms with Crippen LogP contribution < -0.4 is 10.6 Å². The molecule has 2 amide bonds. The minimum absolute atomic E-state index is 0.0797. The summed E-state index contributed by atoms with van der Waals surface area (Å²) in [7, 11) is 0. The molecule has 1 aromatic heterocycles. The molecule has 3 heterocycles. The Morgan fingerprint density at radius 1 is 1.24 bits per heavy atom. The number of fused-ring (bicyclic) bond motifs is 1. The number of nitrogens with one attached hydrogen (secondary N) is 2. The van der Waals surface area contributed by atoms with E-state index < -0.39 is 24.3 Å². The van der Waals surface area contributed by atoms with Crippen LogP contribution in [0, 0.1) is 6.92 Å². The minimum Gasteiger partial charge on any atom is -0.446 e. The van der Waals surface area contributed by atoms with Crippen molar-refractivity contribution in [3.8, 4) is 0 Å². The van der Waals surface area contributed by atoms with Crippen molar-refractivity contribution in [3.05, 3.63) is 59.7 Å². The van der Waals surface area contributed by atoms with Gasteiger partial charge in [0, 0.05) is 43.4 Å². The molecule has 3 aliphatic rings. The van der Waals surface area contributed by atoms with Gasteiger partial charge in [0.2, 0.25) is 0 Å². The van der Waals surface area contributed by atoms with Crippen LogP contribution in [0.5, 0.6) is 0 Å². The van der Waals surface area contributed by atoms with Crippen molar-refractivity contribution in [2.45, 2.75) is 25.5 Å². The lowest BCUT2D eigenvalue weighted by atomic mass is 10.0. The van der Waals surface area contributed by atoms with Crippen LogP contribution in [0.1, 0.15) is 12.0 Å². The number of benzene rings is 1. The molecule has 1 unspecified atom stereocenters. The van der Waals surface area contributed by atoms with E-state index in [1.54, 1.807) is 6.20 Å². The highest BCUT2D eigenvalue weighted by molar-refractivity contribution is 5.91. The van der Waals surface area contributed by atoms with Crippen molar-refractivity contribution in [3.63, 3.8) is 0 Å². The van der Waals surface area contributed by atoms with Crippen molar-refractivity contribution in [1.29, 1.82) is 0 Å². The van der Waals surface area contributed by atoms with Crippen molar-refractivity contribution in [2.24, 2.45) is 0 Å². The molecule has 5 rings (SSSR count). The molecular weight excluding hydrogens is 493 g/mol. The van der Waals surface area contributed by atoms with E-state index in [9.17, 15) is 14.0 Å². The Balaban J connectivity index is 1.03. The minimum atomic E-state index is -0.612. The van der Waals surface area contributed by atoms with E-state index in [-0.39, 0.29) is 19.0 Å². The zero-order valence-corrected chi connectivity index (χ0v) is 21.3. The number of carbonyl (C=O) groups is 2. The summed E-state index contributed by atoms with van der Waals surface area (Å²) in [5.74, 6) is -0.349. The molecule has 1 aliphatic carbocycles. The number of ether oxygens (including phenoxy) is 3. The first-order valence-corrected chi connectivity index (χ1v) is 12.9. The fraction of sp³-hybridized carbons (Fsp3) is 0.444. The van der Waals surface area contributed by atoms with Gasteiger partial charge in [-0.3, -0.25) is 9.88 Å². The second kappa shape index (κ2) is 11.7. The van der Waals surface area contributed by atoms with Crippen molar-refractivity contribution in [1.82, 2.24) is 20.1 Å². The van der Waals surface area contributed by atoms with Gasteiger partial charge < -0.3 is 29.7 Å². The smallest absolute Gasteiger partial charge is 0.410 e. The lowest BCUT2D eigenvalue weighted by Gasteiger charge is -2.33. The number of halogens is 1. The predicted molar refractivity (Wildman–Crippen MR) is 139 cm³/mol. The molecular formula is C27H32FN5O5. The number of aromatic nitrogens is 1. The first kappa shape index (κ1) is 25.8. The number of alkyl carbamates (subject to hydrolysis) is 1. The number of carbonyl (C=O) groups excluding carboxylic acids is 2. The molecule has 38 heavy (non-hydrogen) atoms. The van der Waals surface area contributed by atoms with Crippen molar-refractivity contribution in [2.75, 3.05) is 57.9 Å². The quantitative estimate of drug-likeness (QED) is 0.506. The van der Waals surface area contributed by atoms with Gasteiger partial charge in [-0.1, -0.05) is 18.2 Å². The maximum atomic E-state index is 14.8. The fourth-order valence-electron chi connectivity index (χ4n) is 4.85. The van der Waals surface area contributed by atoms with E-state index >= 15 is 0 Å². The average Bonchev–Trinajstić information content (AvgIpc) is 3.30. The largest absolute Gasteiger partial charge is 0.446 e. The molecule has 0 saturated carbocycles. The Labute approximate surface area is 220 Å². The topological polar surface area (TPSA) is 105 Å². The number of nitrogens with zero attached hydrogens (tertiary/aromatic N) is 3. The van der Waals surface area contributed by atoms with E-state index in [2.05, 4.69) is 15.6 Å². The van der Waals surface area contributed by atoms with Gasteiger partial charge in [-0.25, -0.2) is 14.0 Å². The predicted octanol–water partition coefficient (Wildman–Crippen LogP) is 3.34. The molecule has 2 saturated heterocycles. The number of cyclic esters (lactones) is 1. The highest BCUT2D eigenvalue weighted by Crippen LogP contribution is 2.29. The van der Waals surface area contributed by atoms with Gasteiger partial charge in [-0.15, -0.1) is 0 Å². The molecule has 0 radical (unpaired) electrons. The molecule has 10 nitrogen and oxygen atoms in total. The molecule has 2 N–H and O–H groups in total. The number of allylic oxidation sites excluding steroid dienone is 1. The average molecular weight is 526 g/mol. The maximum Gasteiger partial charge on any atom is 0.410 e. The molecule has 2 atom stereocenters. The molecule has 2 fully saturated rings. The van der Waals surface area contributed by atoms with Crippen LogP contribution in [0.3, 0.4) is 0 Å². The Kier molecular flexibility index (Phi) is 7.92. The summed E-state index contributed by atoms with van der Waals surface area (Å²) in [6, 6.07) is 7.52. The number of anilines is 1. The van der Waals surface area contributed by atoms with Crippen molar-refractivity contribution >= 4 is 28.8 Å². The number of hydrogen-bond donors (Lipinski definition) is 2. The van der Waals surface area contributed by atoms with Crippen LogP contribution in [0.15, 0.2) is 54.1 Å². The Morgan fingerprint density at radius 2 is 2.08 bits per heavy atom. The summed E-state index contributed by atoms with van der Waals surface area (Å²) in [5, 5.41) is 6.99. The third-order valence-electron chi connectivity index (χ3n) is 6.80. The van der Waals surface area contributed by atoms with E-state index in [1.165, 1.54) is 11.0 Å². The zero-order chi connectivity index (χ0) is 26.5. The van der Waals surface area contributed by atoms with Crippen LogP contribution in [0.25, 0.3) is 10.9 Å². The molecule has 1 aromatic carbocycles. The lowest BCUT2D eigenvalue weighted by Crippen LogP contribution is -2.40. The monoisotopic (exact) mass is 525 g/mol. The number of aryl methyl sites for hydroxylation is 1. The Morgan fingerprint density at radius 3 is 2.89 bits per heavy atom. The summed E-state index contributed by atoms with van der Waals surface area (Å²) in [6.45, 7) is 5.42. The third kappa shape index (κ3) is 5.99. The van der Waals surface area contributed by atoms with Crippen LogP contribution >= 0.6 is 0 Å². The van der Waals surface area contributed by atoms with Gasteiger partial charge in [0.1, 0.15) is 12.4 Å². The van der Waals surface area contributed by atoms with E-state index in [0.29, 0.717) is 51.5 Å². The van der Waals surface area contributed by atoms with Crippen LogP contribution in [-0.2, 0) is 14.2 Å². The Hall–Kier alpha value is -3.86. The first-order valence-electron chi connectivity index (χ1n) is 12.9. The van der Waals surface area contributed by atoms with Gasteiger partial charge in [-0.2, -0.15) is 0 Å².